The van der Waals surface area contributed by atoms with E-state index in [0.717, 1.165) is 22.0 Å². The highest BCUT2D eigenvalue weighted by molar-refractivity contribution is 5.88. The standard InChI is InChI=1S/C21H25N3O2/c1-21(22,12-16-13-23-19-10-6-5-9-18(16)19)20(26)24-17(14-25)11-15-7-3-2-4-8-15/h2-10,13,17,23,25H,11-12,14,22H2,1H3,(H,24,26). The molecule has 0 aliphatic carbocycles. The van der Waals surface area contributed by atoms with Crippen LogP contribution in [0.15, 0.2) is 60.8 Å². The van der Waals surface area contributed by atoms with Crippen LogP contribution < -0.4 is 11.1 Å². The lowest BCUT2D eigenvalue weighted by atomic mass is 9.92. The second kappa shape index (κ2) is 7.72. The van der Waals surface area contributed by atoms with Crippen LogP contribution in [0.1, 0.15) is 18.1 Å². The molecule has 0 aliphatic rings. The van der Waals surface area contributed by atoms with Crippen LogP contribution in [0.4, 0.5) is 0 Å². The van der Waals surface area contributed by atoms with Crippen molar-refractivity contribution in [2.24, 2.45) is 5.73 Å². The van der Waals surface area contributed by atoms with Crippen LogP contribution >= 0.6 is 0 Å². The molecule has 1 aromatic heterocycles. The first-order valence-electron chi connectivity index (χ1n) is 8.79. The average molecular weight is 351 g/mol. The number of amides is 1. The van der Waals surface area contributed by atoms with Gasteiger partial charge in [-0.3, -0.25) is 4.79 Å². The largest absolute Gasteiger partial charge is 0.394 e. The molecule has 26 heavy (non-hydrogen) atoms. The molecule has 0 aliphatic heterocycles. The van der Waals surface area contributed by atoms with Gasteiger partial charge in [0.05, 0.1) is 18.2 Å². The maximum Gasteiger partial charge on any atom is 0.240 e. The van der Waals surface area contributed by atoms with Gasteiger partial charge in [-0.2, -0.15) is 0 Å². The number of benzene rings is 2. The number of nitrogens with two attached hydrogens (primary N) is 1. The van der Waals surface area contributed by atoms with Crippen molar-refractivity contribution in [1.82, 2.24) is 10.3 Å². The molecule has 1 heterocycles. The van der Waals surface area contributed by atoms with Crippen LogP contribution in [-0.2, 0) is 17.6 Å². The van der Waals surface area contributed by atoms with E-state index in [0.29, 0.717) is 12.8 Å². The molecule has 0 radical (unpaired) electrons. The van der Waals surface area contributed by atoms with Gasteiger partial charge >= 0.3 is 0 Å². The molecule has 1 amide bonds. The third-order valence-electron chi connectivity index (χ3n) is 4.63. The van der Waals surface area contributed by atoms with Crippen molar-refractivity contribution in [3.63, 3.8) is 0 Å². The Morgan fingerprint density at radius 1 is 1.19 bits per heavy atom. The quantitative estimate of drug-likeness (QED) is 0.526. The Hall–Kier alpha value is -2.63. The van der Waals surface area contributed by atoms with Gasteiger partial charge in [0.25, 0.3) is 0 Å². The molecular formula is C21H25N3O2. The summed E-state index contributed by atoms with van der Waals surface area (Å²) in [6.45, 7) is 1.59. The van der Waals surface area contributed by atoms with Gasteiger partial charge in [0.15, 0.2) is 0 Å². The molecule has 2 aromatic carbocycles. The minimum Gasteiger partial charge on any atom is -0.394 e. The van der Waals surface area contributed by atoms with E-state index in [1.807, 2.05) is 60.8 Å². The fourth-order valence-electron chi connectivity index (χ4n) is 3.16. The lowest BCUT2D eigenvalue weighted by Gasteiger charge is -2.26. The third kappa shape index (κ3) is 4.12. The highest BCUT2D eigenvalue weighted by Gasteiger charge is 2.31. The van der Waals surface area contributed by atoms with E-state index in [1.54, 1.807) is 6.92 Å². The minimum atomic E-state index is -1.07. The number of aromatic amines is 1. The second-order valence-corrected chi connectivity index (χ2v) is 7.00. The van der Waals surface area contributed by atoms with E-state index in [2.05, 4.69) is 10.3 Å². The lowest BCUT2D eigenvalue weighted by molar-refractivity contribution is -0.126. The third-order valence-corrected chi connectivity index (χ3v) is 4.63. The van der Waals surface area contributed by atoms with Crippen LogP contribution in [0.25, 0.3) is 10.9 Å². The first kappa shape index (κ1) is 18.2. The van der Waals surface area contributed by atoms with Gasteiger partial charge in [-0.05, 0) is 30.5 Å². The fraction of sp³-hybridized carbons (Fsp3) is 0.286. The SMILES string of the molecule is CC(N)(Cc1c[nH]c2ccccc12)C(=O)NC(CO)Cc1ccccc1. The van der Waals surface area contributed by atoms with Crippen molar-refractivity contribution < 1.29 is 9.90 Å². The van der Waals surface area contributed by atoms with Crippen molar-refractivity contribution in [2.75, 3.05) is 6.61 Å². The zero-order valence-corrected chi connectivity index (χ0v) is 14.9. The Balaban J connectivity index is 1.68. The topological polar surface area (TPSA) is 91.1 Å². The number of hydrogen-bond donors (Lipinski definition) is 4. The maximum absolute atomic E-state index is 12.7. The molecule has 0 spiro atoms. The van der Waals surface area contributed by atoms with Crippen LogP contribution in [0, 0.1) is 0 Å². The molecule has 5 N–H and O–H groups in total. The summed E-state index contributed by atoms with van der Waals surface area (Å²) in [6.07, 6.45) is 2.87. The number of rotatable bonds is 7. The van der Waals surface area contributed by atoms with Crippen molar-refractivity contribution in [2.45, 2.75) is 31.3 Å². The molecule has 5 heteroatoms. The number of aliphatic hydroxyl groups is 1. The van der Waals surface area contributed by atoms with E-state index >= 15 is 0 Å². The van der Waals surface area contributed by atoms with Crippen molar-refractivity contribution in [3.05, 3.63) is 71.9 Å². The van der Waals surface area contributed by atoms with Crippen LogP contribution in [-0.4, -0.2) is 34.2 Å². The zero-order valence-electron chi connectivity index (χ0n) is 14.9. The highest BCUT2D eigenvalue weighted by atomic mass is 16.3. The smallest absolute Gasteiger partial charge is 0.240 e. The summed E-state index contributed by atoms with van der Waals surface area (Å²) in [5.41, 5.74) is 8.34. The van der Waals surface area contributed by atoms with Crippen LogP contribution in [0.3, 0.4) is 0 Å². The summed E-state index contributed by atoms with van der Waals surface area (Å²) >= 11 is 0. The molecule has 2 unspecified atom stereocenters. The molecule has 3 rings (SSSR count). The summed E-state index contributed by atoms with van der Waals surface area (Å²) in [5.74, 6) is -0.266. The van der Waals surface area contributed by atoms with Gasteiger partial charge in [-0.25, -0.2) is 0 Å². The Morgan fingerprint density at radius 3 is 2.62 bits per heavy atom. The van der Waals surface area contributed by atoms with E-state index in [9.17, 15) is 9.90 Å². The Labute approximate surface area is 153 Å². The first-order valence-corrected chi connectivity index (χ1v) is 8.79. The Bertz CT molecular complexity index is 871. The predicted molar refractivity (Wildman–Crippen MR) is 104 cm³/mol. The van der Waals surface area contributed by atoms with Crippen LogP contribution in [0.5, 0.6) is 0 Å². The summed E-state index contributed by atoms with van der Waals surface area (Å²) in [4.78, 5) is 15.9. The molecule has 0 fully saturated rings. The fourth-order valence-corrected chi connectivity index (χ4v) is 3.16. The molecule has 2 atom stereocenters. The highest BCUT2D eigenvalue weighted by Crippen LogP contribution is 2.21. The van der Waals surface area contributed by atoms with Gasteiger partial charge in [0.2, 0.25) is 5.91 Å². The second-order valence-electron chi connectivity index (χ2n) is 7.00. The number of H-pyrrole nitrogens is 1. The Kier molecular flexibility index (Phi) is 5.40. The number of carbonyl (C=O) groups excluding carboxylic acids is 1. The Morgan fingerprint density at radius 2 is 1.88 bits per heavy atom. The van der Waals surface area contributed by atoms with Crippen molar-refractivity contribution in [1.29, 1.82) is 0 Å². The lowest BCUT2D eigenvalue weighted by Crippen LogP contribution is -2.56. The molecule has 0 saturated heterocycles. The van der Waals surface area contributed by atoms with Gasteiger partial charge in [0.1, 0.15) is 0 Å². The molecule has 136 valence electrons. The van der Waals surface area contributed by atoms with Gasteiger partial charge in [-0.15, -0.1) is 0 Å². The molecule has 5 nitrogen and oxygen atoms in total. The van der Waals surface area contributed by atoms with Gasteiger partial charge in [0, 0.05) is 23.5 Å². The molecule has 0 bridgehead atoms. The summed E-state index contributed by atoms with van der Waals surface area (Å²) in [7, 11) is 0. The molecular weight excluding hydrogens is 326 g/mol. The summed E-state index contributed by atoms with van der Waals surface area (Å²) in [5, 5.41) is 13.6. The monoisotopic (exact) mass is 351 g/mol. The molecule has 3 aromatic rings. The van der Waals surface area contributed by atoms with Crippen molar-refractivity contribution >= 4 is 16.8 Å². The number of nitrogens with one attached hydrogen (secondary N) is 2. The zero-order chi connectivity index (χ0) is 18.6. The first-order chi connectivity index (χ1) is 12.5. The number of fused-ring (bicyclic) bond motifs is 1. The van der Waals surface area contributed by atoms with Gasteiger partial charge in [-0.1, -0.05) is 48.5 Å². The van der Waals surface area contributed by atoms with E-state index in [4.69, 9.17) is 5.73 Å². The average Bonchev–Trinajstić information content (AvgIpc) is 3.04. The number of para-hydroxylation sites is 1. The molecule has 0 saturated carbocycles. The number of aromatic nitrogens is 1. The van der Waals surface area contributed by atoms with E-state index in [1.165, 1.54) is 0 Å². The van der Waals surface area contributed by atoms with Gasteiger partial charge < -0.3 is 21.1 Å². The van der Waals surface area contributed by atoms with E-state index in [-0.39, 0.29) is 18.6 Å². The number of aliphatic hydroxyl groups excluding tert-OH is 1. The summed E-state index contributed by atoms with van der Waals surface area (Å²) in [6, 6.07) is 17.3. The predicted octanol–water partition coefficient (Wildman–Crippen LogP) is 2.15. The maximum atomic E-state index is 12.7. The van der Waals surface area contributed by atoms with Crippen molar-refractivity contribution in [3.8, 4) is 0 Å². The number of carbonyl (C=O) groups is 1. The van der Waals surface area contributed by atoms with Crippen LogP contribution in [0.2, 0.25) is 0 Å². The summed E-state index contributed by atoms with van der Waals surface area (Å²) < 4.78 is 0. The van der Waals surface area contributed by atoms with E-state index < -0.39 is 5.54 Å². The number of hydrogen-bond acceptors (Lipinski definition) is 3. The minimum absolute atomic E-state index is 0.135. The normalized spacial score (nSPS) is 14.7.